The van der Waals surface area contributed by atoms with Crippen LogP contribution in [0.4, 0.5) is 5.69 Å². The average molecular weight is 310 g/mol. The molecule has 21 heavy (non-hydrogen) atoms. The molecule has 1 fully saturated rings. The monoisotopic (exact) mass is 310 g/mol. The van der Waals surface area contributed by atoms with Crippen LogP contribution in [0.15, 0.2) is 23.3 Å². The van der Waals surface area contributed by atoms with Gasteiger partial charge in [0.05, 0.1) is 6.21 Å². The highest BCUT2D eigenvalue weighted by Crippen LogP contribution is 2.17. The van der Waals surface area contributed by atoms with Crippen molar-refractivity contribution in [1.82, 2.24) is 10.3 Å². The molecule has 4 N–H and O–H groups in total. The normalized spacial score (nSPS) is 17.0. The Balaban J connectivity index is 1.97. The van der Waals surface area contributed by atoms with Crippen LogP contribution >= 0.6 is 12.2 Å². The van der Waals surface area contributed by atoms with Gasteiger partial charge in [-0.2, -0.15) is 10.3 Å². The number of hydrogen-bond donors (Lipinski definition) is 4. The highest BCUT2D eigenvalue weighted by atomic mass is 32.1. The molecule has 0 radical (unpaired) electrons. The second kappa shape index (κ2) is 7.32. The molecule has 1 aliphatic heterocycles. The molecule has 114 valence electrons. The van der Waals surface area contributed by atoms with Gasteiger partial charge in [-0.3, -0.25) is 5.43 Å². The zero-order valence-corrected chi connectivity index (χ0v) is 12.3. The summed E-state index contributed by atoms with van der Waals surface area (Å²) in [5.74, 6) is -0.0329. The van der Waals surface area contributed by atoms with Crippen molar-refractivity contribution in [3.8, 4) is 5.75 Å². The molecule has 0 aliphatic carbocycles. The Kier molecular flexibility index (Phi) is 5.45. The van der Waals surface area contributed by atoms with Crippen LogP contribution in [0.2, 0.25) is 0 Å². The molecule has 1 atom stereocenters. The lowest BCUT2D eigenvalue weighted by atomic mass is 10.1. The Morgan fingerprint density at radius 1 is 1.38 bits per heavy atom. The Labute approximate surface area is 128 Å². The first kappa shape index (κ1) is 15.6. The maximum atomic E-state index is 10.9. The van der Waals surface area contributed by atoms with Crippen LogP contribution in [0.3, 0.4) is 0 Å². The predicted molar refractivity (Wildman–Crippen MR) is 82.6 cm³/mol. The van der Waals surface area contributed by atoms with Crippen LogP contribution in [0.1, 0.15) is 24.8 Å². The molecule has 0 aromatic heterocycles. The zero-order chi connectivity index (χ0) is 15.2. The van der Waals surface area contributed by atoms with Gasteiger partial charge in [0.15, 0.2) is 10.8 Å². The van der Waals surface area contributed by atoms with Gasteiger partial charge in [0.25, 0.3) is 0 Å². The third kappa shape index (κ3) is 4.36. The van der Waals surface area contributed by atoms with E-state index in [1.807, 2.05) is 4.90 Å². The molecular formula is C13H18N4O3S. The number of thiocarbonyl (C=S) groups is 1. The summed E-state index contributed by atoms with van der Waals surface area (Å²) in [6, 6.07) is 4.02. The second-order valence-corrected chi connectivity index (χ2v) is 5.19. The SMILES string of the molecule is [O-][NH+](O)c1ccc(O)c(/C=N\NC(=S)N2CCCCC2)c1. The van der Waals surface area contributed by atoms with Gasteiger partial charge < -0.3 is 15.2 Å². The van der Waals surface area contributed by atoms with Crippen LogP contribution in [0, 0.1) is 5.21 Å². The molecule has 1 saturated heterocycles. The average Bonchev–Trinajstić information content (AvgIpc) is 2.49. The van der Waals surface area contributed by atoms with Crippen LogP contribution in [-0.2, 0) is 0 Å². The summed E-state index contributed by atoms with van der Waals surface area (Å²) in [5, 5.41) is 32.9. The Bertz CT molecular complexity index is 530. The van der Waals surface area contributed by atoms with E-state index in [0.29, 0.717) is 10.7 Å². The molecule has 1 heterocycles. The summed E-state index contributed by atoms with van der Waals surface area (Å²) in [5.41, 5.74) is 3.16. The molecule has 1 aliphatic rings. The quantitative estimate of drug-likeness (QED) is 0.281. The summed E-state index contributed by atoms with van der Waals surface area (Å²) in [6.45, 7) is 1.84. The molecule has 8 heteroatoms. The molecule has 7 nitrogen and oxygen atoms in total. The summed E-state index contributed by atoms with van der Waals surface area (Å²) < 4.78 is 0. The first-order valence-corrected chi connectivity index (χ1v) is 7.13. The van der Waals surface area contributed by atoms with Crippen molar-refractivity contribution < 1.29 is 15.5 Å². The van der Waals surface area contributed by atoms with Crippen molar-refractivity contribution in [2.45, 2.75) is 19.3 Å². The van der Waals surface area contributed by atoms with E-state index >= 15 is 0 Å². The topological polar surface area (TPSA) is 95.6 Å². The number of quaternary nitrogens is 1. The lowest BCUT2D eigenvalue weighted by Crippen LogP contribution is -2.99. The molecule has 0 bridgehead atoms. The number of hydrogen-bond acceptors (Lipinski definition) is 5. The molecule has 1 aromatic rings. The van der Waals surface area contributed by atoms with E-state index in [-0.39, 0.29) is 11.4 Å². The lowest BCUT2D eigenvalue weighted by Gasteiger charge is -2.28. The van der Waals surface area contributed by atoms with Gasteiger partial charge >= 0.3 is 0 Å². The van der Waals surface area contributed by atoms with Crippen molar-refractivity contribution in [2.24, 2.45) is 5.10 Å². The van der Waals surface area contributed by atoms with Gasteiger partial charge in [-0.15, -0.1) is 0 Å². The van der Waals surface area contributed by atoms with E-state index in [4.69, 9.17) is 17.4 Å². The van der Waals surface area contributed by atoms with Gasteiger partial charge in [-0.05, 0) is 37.5 Å². The Hall–Kier alpha value is -1.74. The van der Waals surface area contributed by atoms with E-state index in [1.54, 1.807) is 0 Å². The van der Waals surface area contributed by atoms with Crippen LogP contribution in [0.5, 0.6) is 5.75 Å². The maximum Gasteiger partial charge on any atom is 0.189 e. The number of hydrazone groups is 1. The molecule has 1 aromatic carbocycles. The lowest BCUT2D eigenvalue weighted by molar-refractivity contribution is -0.991. The van der Waals surface area contributed by atoms with Crippen molar-refractivity contribution >= 4 is 29.2 Å². The molecule has 0 spiro atoms. The number of rotatable bonds is 3. The highest BCUT2D eigenvalue weighted by Gasteiger charge is 2.12. The van der Waals surface area contributed by atoms with Crippen molar-refractivity contribution in [1.29, 1.82) is 0 Å². The van der Waals surface area contributed by atoms with Crippen molar-refractivity contribution in [3.63, 3.8) is 0 Å². The maximum absolute atomic E-state index is 10.9. The molecule has 0 saturated carbocycles. The molecule has 2 rings (SSSR count). The van der Waals surface area contributed by atoms with Crippen LogP contribution in [0.25, 0.3) is 0 Å². The third-order valence-electron chi connectivity index (χ3n) is 3.28. The Morgan fingerprint density at radius 3 is 2.76 bits per heavy atom. The Morgan fingerprint density at radius 2 is 2.10 bits per heavy atom. The number of phenolic OH excluding ortho intramolecular Hbond substituents is 1. The second-order valence-electron chi connectivity index (χ2n) is 4.80. The van der Waals surface area contributed by atoms with Crippen molar-refractivity contribution in [2.75, 3.05) is 13.1 Å². The number of nitrogens with one attached hydrogen (secondary N) is 2. The minimum Gasteiger partial charge on any atom is -0.595 e. The number of aromatic hydroxyl groups is 1. The van der Waals surface area contributed by atoms with Gasteiger partial charge in [-0.25, -0.2) is 5.21 Å². The number of phenols is 1. The van der Waals surface area contributed by atoms with E-state index < -0.39 is 5.23 Å². The van der Waals surface area contributed by atoms with Gasteiger partial charge in [0, 0.05) is 30.8 Å². The van der Waals surface area contributed by atoms with Crippen LogP contribution < -0.4 is 10.7 Å². The molecule has 0 amide bonds. The summed E-state index contributed by atoms with van der Waals surface area (Å²) in [4.78, 5) is 2.05. The van der Waals surface area contributed by atoms with E-state index in [1.165, 1.54) is 30.8 Å². The summed E-state index contributed by atoms with van der Waals surface area (Å²) >= 11 is 5.23. The van der Waals surface area contributed by atoms with Gasteiger partial charge in [-0.1, -0.05) is 0 Å². The first-order valence-electron chi connectivity index (χ1n) is 6.72. The summed E-state index contributed by atoms with van der Waals surface area (Å²) in [7, 11) is 0. The third-order valence-corrected chi connectivity index (χ3v) is 3.63. The van der Waals surface area contributed by atoms with E-state index in [9.17, 15) is 10.3 Å². The number of benzene rings is 1. The first-order chi connectivity index (χ1) is 10.1. The fourth-order valence-corrected chi connectivity index (χ4v) is 2.35. The molecular weight excluding hydrogens is 292 g/mol. The summed E-state index contributed by atoms with van der Waals surface area (Å²) in [6.07, 6.45) is 4.82. The highest BCUT2D eigenvalue weighted by molar-refractivity contribution is 7.80. The van der Waals surface area contributed by atoms with Gasteiger partial charge in [0.2, 0.25) is 0 Å². The minimum absolute atomic E-state index is 0.0329. The van der Waals surface area contributed by atoms with Crippen molar-refractivity contribution in [3.05, 3.63) is 29.0 Å². The van der Waals surface area contributed by atoms with Gasteiger partial charge in [0.1, 0.15) is 5.75 Å². The fraction of sp³-hybridized carbons (Fsp3) is 0.385. The largest absolute Gasteiger partial charge is 0.595 e. The number of nitrogens with zero attached hydrogens (tertiary/aromatic N) is 2. The zero-order valence-electron chi connectivity index (χ0n) is 11.5. The predicted octanol–water partition coefficient (Wildman–Crippen LogP) is 0.490. The number of piperidine rings is 1. The van der Waals surface area contributed by atoms with E-state index in [0.717, 1.165) is 25.9 Å². The van der Waals surface area contributed by atoms with E-state index in [2.05, 4.69) is 10.5 Å². The van der Waals surface area contributed by atoms with Crippen LogP contribution in [-0.4, -0.2) is 39.6 Å². The fourth-order valence-electron chi connectivity index (χ4n) is 2.12. The minimum atomic E-state index is -1.05. The number of likely N-dealkylation sites (tertiary alicyclic amines) is 1. The smallest absolute Gasteiger partial charge is 0.189 e. The standard InChI is InChI=1S/C13H18N4O3S/c18-12-5-4-11(17(19)20)8-10(12)9-14-15-13(21)16-6-2-1-3-7-16/h4-5,8-9,17-19H,1-3,6-7H2,(H,15,21)/b14-9-. The molecule has 1 unspecified atom stereocenters.